The Morgan fingerprint density at radius 3 is 2.72 bits per heavy atom. The molecule has 2 aliphatic heterocycles. The monoisotopic (exact) mass is 456 g/mol. The Labute approximate surface area is 193 Å². The highest BCUT2D eigenvalue weighted by Crippen LogP contribution is 2.20. The summed E-state index contributed by atoms with van der Waals surface area (Å²) in [6.07, 6.45) is 4.36. The van der Waals surface area contributed by atoms with E-state index in [2.05, 4.69) is 15.4 Å². The normalized spacial score (nSPS) is 19.0. The van der Waals surface area contributed by atoms with Gasteiger partial charge < -0.3 is 14.0 Å². The van der Waals surface area contributed by atoms with Crippen LogP contribution in [-0.4, -0.2) is 66.6 Å². The number of nitrogens with one attached hydrogen (secondary N) is 1. The Balaban J connectivity index is 1.33. The average Bonchev–Trinajstić information content (AvgIpc) is 3.08. The van der Waals surface area contributed by atoms with Gasteiger partial charge in [-0.15, -0.1) is 0 Å². The van der Waals surface area contributed by atoms with Crippen molar-refractivity contribution < 1.29 is 14.3 Å². The summed E-state index contributed by atoms with van der Waals surface area (Å²) in [4.78, 5) is 15.4. The lowest BCUT2D eigenvalue weighted by molar-refractivity contribution is 0.00514. The fourth-order valence-electron chi connectivity index (χ4n) is 4.00. The highest BCUT2D eigenvalue weighted by molar-refractivity contribution is 6.30. The minimum absolute atomic E-state index is 0.0131. The predicted molar refractivity (Wildman–Crippen MR) is 125 cm³/mol. The van der Waals surface area contributed by atoms with Crippen LogP contribution in [0.25, 0.3) is 0 Å². The third kappa shape index (κ3) is 5.48. The van der Waals surface area contributed by atoms with Gasteiger partial charge in [0.15, 0.2) is 6.23 Å². The van der Waals surface area contributed by atoms with Crippen LogP contribution in [-0.2, 0) is 22.9 Å². The number of hydrogen-bond acceptors (Lipinski definition) is 6. The molecule has 7 nitrogen and oxygen atoms in total. The standard InChI is InChI=1S/C24H29ClN4O3/c1-17-15-21(28(2)23(17)24(30)18-3-5-19(25)6-4-18)16-20-7-8-22(27-26-20)32-14-11-29-9-12-31-13-10-29/h3-8,15,22,27H,9-14,16H2,1-2H3. The van der Waals surface area contributed by atoms with Gasteiger partial charge in [0.25, 0.3) is 0 Å². The molecule has 2 aliphatic rings. The van der Waals surface area contributed by atoms with Crippen molar-refractivity contribution >= 4 is 23.1 Å². The van der Waals surface area contributed by atoms with E-state index in [0.29, 0.717) is 29.3 Å². The molecule has 0 bridgehead atoms. The van der Waals surface area contributed by atoms with Gasteiger partial charge in [0.05, 0.1) is 31.2 Å². The molecule has 1 saturated heterocycles. The molecule has 1 aromatic heterocycles. The zero-order valence-electron chi connectivity index (χ0n) is 18.5. The van der Waals surface area contributed by atoms with Crippen LogP contribution in [0.15, 0.2) is 47.6 Å². The second-order valence-corrected chi connectivity index (χ2v) is 8.51. The van der Waals surface area contributed by atoms with Gasteiger partial charge in [-0.1, -0.05) is 11.6 Å². The van der Waals surface area contributed by atoms with Crippen LogP contribution in [0.2, 0.25) is 5.02 Å². The maximum absolute atomic E-state index is 13.0. The molecule has 4 rings (SSSR count). The number of hydrazone groups is 1. The highest BCUT2D eigenvalue weighted by Gasteiger charge is 2.20. The van der Waals surface area contributed by atoms with Gasteiger partial charge in [-0.2, -0.15) is 5.10 Å². The van der Waals surface area contributed by atoms with Gasteiger partial charge in [0.1, 0.15) is 0 Å². The van der Waals surface area contributed by atoms with Crippen LogP contribution >= 0.6 is 11.6 Å². The summed E-state index contributed by atoms with van der Waals surface area (Å²) in [5, 5.41) is 5.09. The minimum Gasteiger partial charge on any atom is -0.379 e. The summed E-state index contributed by atoms with van der Waals surface area (Å²) in [6.45, 7) is 6.99. The lowest BCUT2D eigenvalue weighted by atomic mass is 10.1. The molecule has 0 aliphatic carbocycles. The van der Waals surface area contributed by atoms with Gasteiger partial charge >= 0.3 is 0 Å². The molecule has 1 N–H and O–H groups in total. The molecule has 1 atom stereocenters. The van der Waals surface area contributed by atoms with Crippen molar-refractivity contribution in [2.45, 2.75) is 19.6 Å². The van der Waals surface area contributed by atoms with Crippen molar-refractivity contribution in [1.29, 1.82) is 0 Å². The summed E-state index contributed by atoms with van der Waals surface area (Å²) >= 11 is 5.95. The molecule has 1 fully saturated rings. The van der Waals surface area contributed by atoms with Crippen molar-refractivity contribution in [2.75, 3.05) is 39.5 Å². The Hall–Kier alpha value is -2.45. The third-order valence-electron chi connectivity index (χ3n) is 5.81. The van der Waals surface area contributed by atoms with E-state index in [1.54, 1.807) is 24.3 Å². The molecule has 2 aromatic rings. The number of ketones is 1. The second kappa shape index (κ2) is 10.4. The van der Waals surface area contributed by atoms with E-state index in [9.17, 15) is 4.79 Å². The number of nitrogens with zero attached hydrogens (tertiary/aromatic N) is 3. The molecule has 0 saturated carbocycles. The van der Waals surface area contributed by atoms with E-state index in [1.807, 2.05) is 36.8 Å². The molecular formula is C24H29ClN4O3. The maximum atomic E-state index is 13.0. The molecule has 0 spiro atoms. The largest absolute Gasteiger partial charge is 0.379 e. The fraction of sp³-hybridized carbons (Fsp3) is 0.417. The van der Waals surface area contributed by atoms with E-state index < -0.39 is 0 Å². The number of morpholine rings is 1. The molecule has 8 heteroatoms. The van der Waals surface area contributed by atoms with Crippen LogP contribution in [0, 0.1) is 6.92 Å². The van der Waals surface area contributed by atoms with E-state index in [1.165, 1.54) is 0 Å². The highest BCUT2D eigenvalue weighted by atomic mass is 35.5. The molecule has 3 heterocycles. The number of carbonyl (C=O) groups excluding carboxylic acids is 1. The number of allylic oxidation sites excluding steroid dienone is 1. The number of carbonyl (C=O) groups is 1. The number of aromatic nitrogens is 1. The Kier molecular flexibility index (Phi) is 7.42. The molecule has 1 aromatic carbocycles. The molecule has 170 valence electrons. The first-order chi connectivity index (χ1) is 15.5. The summed E-state index contributed by atoms with van der Waals surface area (Å²) in [6, 6.07) is 9.04. The second-order valence-electron chi connectivity index (χ2n) is 8.08. The third-order valence-corrected chi connectivity index (χ3v) is 6.07. The van der Waals surface area contributed by atoms with Crippen LogP contribution in [0.5, 0.6) is 0 Å². The number of hydrogen-bond donors (Lipinski definition) is 1. The zero-order valence-corrected chi connectivity index (χ0v) is 19.3. The summed E-state index contributed by atoms with van der Waals surface area (Å²) in [5.74, 6) is -0.0131. The zero-order chi connectivity index (χ0) is 22.5. The van der Waals surface area contributed by atoms with Crippen LogP contribution < -0.4 is 5.43 Å². The van der Waals surface area contributed by atoms with Crippen molar-refractivity contribution in [3.8, 4) is 0 Å². The first-order valence-electron chi connectivity index (χ1n) is 10.9. The summed E-state index contributed by atoms with van der Waals surface area (Å²) < 4.78 is 13.2. The number of aryl methyl sites for hydroxylation is 1. The lowest BCUT2D eigenvalue weighted by Crippen LogP contribution is -2.39. The number of rotatable bonds is 8. The molecule has 32 heavy (non-hydrogen) atoms. The predicted octanol–water partition coefficient (Wildman–Crippen LogP) is 2.95. The van der Waals surface area contributed by atoms with E-state index in [-0.39, 0.29) is 12.0 Å². The Morgan fingerprint density at radius 1 is 1.28 bits per heavy atom. The first kappa shape index (κ1) is 22.7. The van der Waals surface area contributed by atoms with E-state index >= 15 is 0 Å². The number of benzene rings is 1. The SMILES string of the molecule is Cc1cc(CC2=NNC(OCCN3CCOCC3)C=C2)n(C)c1C(=O)c1ccc(Cl)cc1. The van der Waals surface area contributed by atoms with Crippen LogP contribution in [0.4, 0.5) is 0 Å². The lowest BCUT2D eigenvalue weighted by Gasteiger charge is -2.27. The van der Waals surface area contributed by atoms with Gasteiger partial charge in [0.2, 0.25) is 5.78 Å². The van der Waals surface area contributed by atoms with E-state index in [0.717, 1.165) is 49.8 Å². The summed E-state index contributed by atoms with van der Waals surface area (Å²) in [7, 11) is 1.92. The minimum atomic E-state index is -0.225. The van der Waals surface area contributed by atoms with E-state index in [4.69, 9.17) is 21.1 Å². The quantitative estimate of drug-likeness (QED) is 0.618. The number of ether oxygens (including phenoxy) is 2. The van der Waals surface area contributed by atoms with Crippen molar-refractivity contribution in [2.24, 2.45) is 12.1 Å². The van der Waals surface area contributed by atoms with Crippen molar-refractivity contribution in [1.82, 2.24) is 14.9 Å². The van der Waals surface area contributed by atoms with Gasteiger partial charge in [-0.25, -0.2) is 0 Å². The Bertz CT molecular complexity index is 1010. The molecule has 0 radical (unpaired) electrons. The van der Waals surface area contributed by atoms with Gasteiger partial charge in [0, 0.05) is 49.4 Å². The first-order valence-corrected chi connectivity index (χ1v) is 11.3. The molecular weight excluding hydrogens is 428 g/mol. The fourth-order valence-corrected chi connectivity index (χ4v) is 4.12. The smallest absolute Gasteiger partial charge is 0.209 e. The van der Waals surface area contributed by atoms with Crippen LogP contribution in [0.1, 0.15) is 27.3 Å². The summed E-state index contributed by atoms with van der Waals surface area (Å²) in [5.41, 5.74) is 7.24. The van der Waals surface area contributed by atoms with Crippen molar-refractivity contribution in [3.05, 3.63) is 70.0 Å². The number of halogens is 1. The molecule has 1 unspecified atom stereocenters. The van der Waals surface area contributed by atoms with Crippen molar-refractivity contribution in [3.63, 3.8) is 0 Å². The average molecular weight is 457 g/mol. The van der Waals surface area contributed by atoms with Gasteiger partial charge in [-0.3, -0.25) is 15.1 Å². The Morgan fingerprint density at radius 2 is 2.03 bits per heavy atom. The van der Waals surface area contributed by atoms with Crippen LogP contribution in [0.3, 0.4) is 0 Å². The maximum Gasteiger partial charge on any atom is 0.209 e. The topological polar surface area (TPSA) is 68.1 Å². The molecule has 0 amide bonds. The van der Waals surface area contributed by atoms with Gasteiger partial charge in [-0.05, 0) is 55.0 Å².